The fourth-order valence-electron chi connectivity index (χ4n) is 6.02. The highest BCUT2D eigenvalue weighted by Crippen LogP contribution is 2.40. The summed E-state index contributed by atoms with van der Waals surface area (Å²) in [5.41, 5.74) is 1.24. The van der Waals surface area contributed by atoms with Crippen LogP contribution in [-0.2, 0) is 24.3 Å². The second kappa shape index (κ2) is 12.8. The van der Waals surface area contributed by atoms with Crippen LogP contribution in [0.15, 0.2) is 46.0 Å². The highest BCUT2D eigenvalue weighted by Gasteiger charge is 2.39. The zero-order valence-electron chi connectivity index (χ0n) is 23.0. The van der Waals surface area contributed by atoms with Crippen LogP contribution in [0.3, 0.4) is 0 Å². The Bertz CT molecular complexity index is 1500. The predicted octanol–water partition coefficient (Wildman–Crippen LogP) is 4.39. The van der Waals surface area contributed by atoms with Crippen molar-refractivity contribution in [3.8, 4) is 0 Å². The van der Waals surface area contributed by atoms with Crippen LogP contribution in [0.2, 0.25) is 5.02 Å². The standard InChI is InChI=1S/C28H32ClFN4O6S2/c1-40-28(37)22-23(32-25(26-31-10-13-41-26)33-24(22)20-7-6-19(30)14-21(20)29)17-8-11-34(12-9-17)42(38,39)15-16-2-4-18(5-3-16)27(35)36/h6-7,10,13-14,16-18,24H,2-5,8-9,11-12,15H2,1H3,(H,32,33)(H,35,36). The molecular weight excluding hydrogens is 607 g/mol. The predicted molar refractivity (Wildman–Crippen MR) is 156 cm³/mol. The first-order valence-corrected chi connectivity index (χ1v) is 16.7. The van der Waals surface area contributed by atoms with Crippen molar-refractivity contribution in [2.45, 2.75) is 44.6 Å². The first-order valence-electron chi connectivity index (χ1n) is 13.8. The van der Waals surface area contributed by atoms with Gasteiger partial charge in [0.15, 0.2) is 10.8 Å². The van der Waals surface area contributed by atoms with Gasteiger partial charge in [-0.2, -0.15) is 0 Å². The van der Waals surface area contributed by atoms with Crippen LogP contribution in [0.1, 0.15) is 55.1 Å². The molecule has 2 aliphatic heterocycles. The molecule has 2 fully saturated rings. The summed E-state index contributed by atoms with van der Waals surface area (Å²) in [5.74, 6) is -2.19. The number of rotatable bonds is 8. The van der Waals surface area contributed by atoms with E-state index in [2.05, 4.69) is 10.3 Å². The van der Waals surface area contributed by atoms with Gasteiger partial charge in [0.25, 0.3) is 0 Å². The zero-order valence-corrected chi connectivity index (χ0v) is 25.4. The van der Waals surface area contributed by atoms with Gasteiger partial charge >= 0.3 is 11.9 Å². The van der Waals surface area contributed by atoms with Crippen LogP contribution < -0.4 is 5.32 Å². The van der Waals surface area contributed by atoms with Crippen molar-refractivity contribution in [2.75, 3.05) is 26.0 Å². The van der Waals surface area contributed by atoms with Crippen LogP contribution in [0.25, 0.3) is 0 Å². The summed E-state index contributed by atoms with van der Waals surface area (Å²) in [7, 11) is -2.27. The largest absolute Gasteiger partial charge is 0.481 e. The Hall–Kier alpha value is -2.87. The zero-order chi connectivity index (χ0) is 30.0. The number of halogens is 2. The van der Waals surface area contributed by atoms with E-state index in [1.54, 1.807) is 11.6 Å². The van der Waals surface area contributed by atoms with E-state index in [-0.39, 0.29) is 41.3 Å². The summed E-state index contributed by atoms with van der Waals surface area (Å²) < 4.78 is 47.2. The summed E-state index contributed by atoms with van der Waals surface area (Å²) in [5, 5.41) is 15.0. The molecule has 0 amide bonds. The number of aliphatic imine (C=N–C) groups is 1. The van der Waals surface area contributed by atoms with E-state index in [4.69, 9.17) is 21.3 Å². The van der Waals surface area contributed by atoms with Gasteiger partial charge in [-0.05, 0) is 56.6 Å². The Morgan fingerprint density at radius 1 is 1.19 bits per heavy atom. The molecule has 5 rings (SSSR count). The third kappa shape index (κ3) is 6.53. The van der Waals surface area contributed by atoms with Crippen LogP contribution in [0.4, 0.5) is 4.39 Å². The normalized spacial score (nSPS) is 24.2. The van der Waals surface area contributed by atoms with E-state index in [9.17, 15) is 27.5 Å². The first kappa shape index (κ1) is 30.6. The smallest absolute Gasteiger partial charge is 0.338 e. The number of nitrogens with zero attached hydrogens (tertiary/aromatic N) is 3. The molecule has 42 heavy (non-hydrogen) atoms. The first-order chi connectivity index (χ1) is 20.1. The Morgan fingerprint density at radius 2 is 1.90 bits per heavy atom. The van der Waals surface area contributed by atoms with Gasteiger partial charge in [0.05, 0.1) is 24.4 Å². The van der Waals surface area contributed by atoms with Crippen molar-refractivity contribution in [3.05, 3.63) is 62.5 Å². The van der Waals surface area contributed by atoms with Crippen molar-refractivity contribution in [1.82, 2.24) is 14.6 Å². The quantitative estimate of drug-likeness (QED) is 0.406. The average Bonchev–Trinajstić information content (AvgIpc) is 3.52. The summed E-state index contributed by atoms with van der Waals surface area (Å²) in [6.45, 7) is 0.533. The fraction of sp³-hybridized carbons (Fsp3) is 0.500. The average molecular weight is 639 g/mol. The Labute approximate surface area is 252 Å². The number of esters is 1. The van der Waals surface area contributed by atoms with Crippen molar-refractivity contribution < 1.29 is 32.2 Å². The van der Waals surface area contributed by atoms with Gasteiger partial charge in [0.2, 0.25) is 10.0 Å². The number of benzene rings is 1. The highest BCUT2D eigenvalue weighted by molar-refractivity contribution is 7.89. The fourth-order valence-corrected chi connectivity index (χ4v) is 8.79. The maximum atomic E-state index is 13.9. The molecular formula is C28H32ClFN4O6S2. The molecule has 0 radical (unpaired) electrons. The van der Waals surface area contributed by atoms with Crippen molar-refractivity contribution in [3.63, 3.8) is 0 Å². The molecule has 1 atom stereocenters. The number of carbonyl (C=O) groups excluding carboxylic acids is 1. The van der Waals surface area contributed by atoms with Crippen LogP contribution in [-0.4, -0.2) is 66.5 Å². The van der Waals surface area contributed by atoms with Crippen molar-refractivity contribution in [1.29, 1.82) is 0 Å². The van der Waals surface area contributed by atoms with Gasteiger partial charge in [-0.1, -0.05) is 17.7 Å². The number of hydrogen-bond donors (Lipinski definition) is 2. The maximum Gasteiger partial charge on any atom is 0.338 e. The summed E-state index contributed by atoms with van der Waals surface area (Å²) >= 11 is 7.80. The van der Waals surface area contributed by atoms with Gasteiger partial charge in [0.1, 0.15) is 11.9 Å². The number of amidine groups is 1. The molecule has 3 heterocycles. The number of sulfonamides is 1. The molecule has 1 saturated heterocycles. The summed E-state index contributed by atoms with van der Waals surface area (Å²) in [4.78, 5) is 33.6. The number of carboxylic acid groups (broad SMARTS) is 1. The topological polar surface area (TPSA) is 138 Å². The third-order valence-corrected chi connectivity index (χ3v) is 11.4. The number of piperidine rings is 1. The van der Waals surface area contributed by atoms with E-state index >= 15 is 0 Å². The molecule has 10 nitrogen and oxygen atoms in total. The molecule has 2 N–H and O–H groups in total. The number of methoxy groups -OCH3 is 1. The third-order valence-electron chi connectivity index (χ3n) is 8.27. The summed E-state index contributed by atoms with van der Waals surface area (Å²) in [6, 6.07) is 3.04. The second-order valence-corrected chi connectivity index (χ2v) is 14.2. The number of nitrogens with one attached hydrogen (secondary N) is 1. The van der Waals surface area contributed by atoms with E-state index < -0.39 is 39.7 Å². The lowest BCUT2D eigenvalue weighted by Gasteiger charge is -2.37. The number of aromatic nitrogens is 1. The molecule has 0 bridgehead atoms. The molecule has 14 heteroatoms. The maximum absolute atomic E-state index is 13.9. The monoisotopic (exact) mass is 638 g/mol. The molecule has 1 unspecified atom stereocenters. The molecule has 2 aromatic rings. The lowest BCUT2D eigenvalue weighted by Crippen LogP contribution is -2.44. The lowest BCUT2D eigenvalue weighted by molar-refractivity contribution is -0.143. The second-order valence-electron chi connectivity index (χ2n) is 10.8. The minimum absolute atomic E-state index is 0.00432. The van der Waals surface area contributed by atoms with Gasteiger partial charge in [-0.3, -0.25) is 9.79 Å². The van der Waals surface area contributed by atoms with E-state index in [0.717, 1.165) is 0 Å². The molecule has 0 spiro atoms. The number of carbonyl (C=O) groups is 2. The van der Waals surface area contributed by atoms with Gasteiger partial charge in [-0.25, -0.2) is 26.9 Å². The molecule has 226 valence electrons. The Kier molecular flexibility index (Phi) is 9.31. The molecule has 1 aliphatic carbocycles. The van der Waals surface area contributed by atoms with E-state index in [0.29, 0.717) is 60.6 Å². The molecule has 1 aromatic heterocycles. The Morgan fingerprint density at radius 3 is 2.50 bits per heavy atom. The van der Waals surface area contributed by atoms with Crippen molar-refractivity contribution >= 4 is 50.7 Å². The van der Waals surface area contributed by atoms with E-state index in [1.807, 2.05) is 0 Å². The number of hydrogen-bond acceptors (Lipinski definition) is 9. The molecule has 3 aliphatic rings. The number of ether oxygens (including phenoxy) is 1. The lowest BCUT2D eigenvalue weighted by atomic mass is 9.83. The SMILES string of the molecule is COC(=O)C1=C(C2CCN(S(=O)(=O)CC3CCC(C(=O)O)CC3)CC2)NC(c2nccs2)=NC1c1ccc(F)cc1Cl. The van der Waals surface area contributed by atoms with Crippen LogP contribution in [0, 0.1) is 23.6 Å². The number of aliphatic carboxylic acids is 1. The van der Waals surface area contributed by atoms with Crippen LogP contribution in [0.5, 0.6) is 0 Å². The molecule has 1 saturated carbocycles. The van der Waals surface area contributed by atoms with Crippen LogP contribution >= 0.6 is 22.9 Å². The van der Waals surface area contributed by atoms with Gasteiger partial charge in [-0.15, -0.1) is 11.3 Å². The minimum Gasteiger partial charge on any atom is -0.481 e. The van der Waals surface area contributed by atoms with Crippen molar-refractivity contribution in [2.24, 2.45) is 22.7 Å². The molecule has 1 aromatic carbocycles. The highest BCUT2D eigenvalue weighted by atomic mass is 35.5. The van der Waals surface area contributed by atoms with E-state index in [1.165, 1.54) is 41.0 Å². The van der Waals surface area contributed by atoms with Gasteiger partial charge in [0, 0.05) is 46.9 Å². The number of allylic oxidation sites excluding steroid dienone is 1. The number of thiazole rings is 1. The summed E-state index contributed by atoms with van der Waals surface area (Å²) in [6.07, 6.45) is 4.69. The minimum atomic E-state index is -3.55. The van der Waals surface area contributed by atoms with Gasteiger partial charge < -0.3 is 15.2 Å². The number of carboxylic acids is 1. The Balaban J connectivity index is 1.39.